The molecule has 0 aliphatic rings. The van der Waals surface area contributed by atoms with Gasteiger partial charge in [-0.05, 0) is 6.92 Å². The molecule has 0 unspecified atom stereocenters. The minimum atomic E-state index is -0.508. The molecule has 0 bridgehead atoms. The molecule has 0 saturated heterocycles. The van der Waals surface area contributed by atoms with E-state index in [1.165, 1.54) is 0 Å². The number of benzene rings is 1. The van der Waals surface area contributed by atoms with Crippen LogP contribution in [0.2, 0.25) is 0 Å². The zero-order valence-electron chi connectivity index (χ0n) is 9.23. The summed E-state index contributed by atoms with van der Waals surface area (Å²) in [4.78, 5) is 22.9. The van der Waals surface area contributed by atoms with Gasteiger partial charge in [-0.25, -0.2) is 4.79 Å². The number of carbonyl (C=O) groups is 2. The fourth-order valence-electron chi connectivity index (χ4n) is 1.23. The third kappa shape index (κ3) is 3.35. The van der Waals surface area contributed by atoms with Gasteiger partial charge in [0, 0.05) is 17.6 Å². The van der Waals surface area contributed by atoms with Crippen molar-refractivity contribution in [2.45, 2.75) is 13.3 Å². The highest BCUT2D eigenvalue weighted by Crippen LogP contribution is 2.09. The number of ether oxygens (including phenoxy) is 1. The maximum absolute atomic E-state index is 11.7. The molecule has 1 aromatic carbocycles. The molecule has 0 saturated carbocycles. The van der Waals surface area contributed by atoms with Gasteiger partial charge in [-0.3, -0.25) is 4.79 Å². The smallest absolute Gasteiger partial charge is 0.333 e. The summed E-state index contributed by atoms with van der Waals surface area (Å²) in [6.45, 7) is 5.54. The number of carbonyl (C=O) groups excluding carboxylic acids is 2. The van der Waals surface area contributed by atoms with Crippen LogP contribution >= 0.6 is 0 Å². The number of Topliss-reactive ketones (excluding diaryl/α,β-unsaturated/α-hetero) is 1. The lowest BCUT2D eigenvalue weighted by atomic mass is 10.0. The van der Waals surface area contributed by atoms with Crippen LogP contribution in [0.15, 0.2) is 42.5 Å². The van der Waals surface area contributed by atoms with E-state index in [9.17, 15) is 9.59 Å². The van der Waals surface area contributed by atoms with Crippen molar-refractivity contribution >= 4 is 11.8 Å². The van der Waals surface area contributed by atoms with E-state index in [1.54, 1.807) is 31.2 Å². The van der Waals surface area contributed by atoms with Crippen molar-refractivity contribution in [3.8, 4) is 0 Å². The molecule has 3 nitrogen and oxygen atoms in total. The van der Waals surface area contributed by atoms with Crippen LogP contribution in [0.1, 0.15) is 23.7 Å². The Hall–Kier alpha value is -1.90. The molecule has 0 aliphatic heterocycles. The van der Waals surface area contributed by atoms with E-state index in [2.05, 4.69) is 6.58 Å². The monoisotopic (exact) mass is 218 g/mol. The van der Waals surface area contributed by atoms with Crippen molar-refractivity contribution in [3.63, 3.8) is 0 Å². The van der Waals surface area contributed by atoms with Gasteiger partial charge in [-0.2, -0.15) is 0 Å². The Morgan fingerprint density at radius 3 is 2.44 bits per heavy atom. The standard InChI is InChI=1S/C13H14O3/c1-3-16-13(15)10(2)9-12(14)11-7-5-4-6-8-11/h4-8H,2-3,9H2,1H3. The van der Waals surface area contributed by atoms with Crippen LogP contribution in [-0.4, -0.2) is 18.4 Å². The van der Waals surface area contributed by atoms with E-state index in [4.69, 9.17) is 4.74 Å². The summed E-state index contributed by atoms with van der Waals surface area (Å²) in [6, 6.07) is 8.80. The molecule has 0 N–H and O–H groups in total. The van der Waals surface area contributed by atoms with E-state index in [0.29, 0.717) is 5.56 Å². The molecular formula is C13H14O3. The Balaban J connectivity index is 2.59. The third-order valence-corrected chi connectivity index (χ3v) is 2.03. The van der Waals surface area contributed by atoms with E-state index < -0.39 is 5.97 Å². The molecule has 3 heteroatoms. The van der Waals surface area contributed by atoms with Crippen LogP contribution in [-0.2, 0) is 9.53 Å². The number of hydrogen-bond donors (Lipinski definition) is 0. The molecule has 1 rings (SSSR count). The minimum absolute atomic E-state index is 0.00282. The first-order valence-electron chi connectivity index (χ1n) is 5.08. The van der Waals surface area contributed by atoms with Crippen molar-refractivity contribution < 1.29 is 14.3 Å². The van der Waals surface area contributed by atoms with E-state index in [-0.39, 0.29) is 24.4 Å². The average Bonchev–Trinajstić information content (AvgIpc) is 2.30. The normalized spacial score (nSPS) is 9.56. The molecule has 0 aromatic heterocycles. The van der Waals surface area contributed by atoms with Gasteiger partial charge in [0.2, 0.25) is 0 Å². The molecular weight excluding hydrogens is 204 g/mol. The lowest BCUT2D eigenvalue weighted by Gasteiger charge is -2.04. The molecule has 0 fully saturated rings. The average molecular weight is 218 g/mol. The predicted molar refractivity (Wildman–Crippen MR) is 61.2 cm³/mol. The summed E-state index contributed by atoms with van der Waals surface area (Å²) >= 11 is 0. The second kappa shape index (κ2) is 5.85. The third-order valence-electron chi connectivity index (χ3n) is 2.03. The van der Waals surface area contributed by atoms with Gasteiger partial charge >= 0.3 is 5.97 Å². The van der Waals surface area contributed by atoms with Crippen LogP contribution in [0, 0.1) is 0 Å². The van der Waals surface area contributed by atoms with Gasteiger partial charge < -0.3 is 4.74 Å². The molecule has 0 heterocycles. The van der Waals surface area contributed by atoms with Crippen LogP contribution in [0.5, 0.6) is 0 Å². The van der Waals surface area contributed by atoms with Crippen molar-refractivity contribution in [2.24, 2.45) is 0 Å². The summed E-state index contributed by atoms with van der Waals surface area (Å²) in [7, 11) is 0. The Morgan fingerprint density at radius 2 is 1.88 bits per heavy atom. The maximum atomic E-state index is 11.7. The number of rotatable bonds is 5. The topological polar surface area (TPSA) is 43.4 Å². The van der Waals surface area contributed by atoms with E-state index >= 15 is 0 Å². The van der Waals surface area contributed by atoms with E-state index in [1.807, 2.05) is 6.07 Å². The molecule has 0 amide bonds. The quantitative estimate of drug-likeness (QED) is 0.433. The molecule has 16 heavy (non-hydrogen) atoms. The second-order valence-corrected chi connectivity index (χ2v) is 3.29. The summed E-state index contributed by atoms with van der Waals surface area (Å²) in [5.41, 5.74) is 0.767. The Bertz CT molecular complexity index is 393. The largest absolute Gasteiger partial charge is 0.463 e. The van der Waals surface area contributed by atoms with Gasteiger partial charge in [0.15, 0.2) is 5.78 Å². The zero-order valence-corrected chi connectivity index (χ0v) is 9.23. The molecule has 0 atom stereocenters. The Labute approximate surface area is 94.7 Å². The summed E-state index contributed by atoms with van der Waals surface area (Å²) in [5.74, 6) is -0.634. The van der Waals surface area contributed by atoms with Crippen LogP contribution in [0.4, 0.5) is 0 Å². The van der Waals surface area contributed by atoms with Gasteiger partial charge in [0.05, 0.1) is 6.61 Å². The van der Waals surface area contributed by atoms with Crippen LogP contribution in [0.25, 0.3) is 0 Å². The second-order valence-electron chi connectivity index (χ2n) is 3.29. The fraction of sp³-hybridized carbons (Fsp3) is 0.231. The summed E-state index contributed by atoms with van der Waals surface area (Å²) in [6.07, 6.45) is 0.00282. The maximum Gasteiger partial charge on any atom is 0.333 e. The molecule has 0 radical (unpaired) electrons. The summed E-state index contributed by atoms with van der Waals surface area (Å²) < 4.78 is 4.75. The van der Waals surface area contributed by atoms with Crippen molar-refractivity contribution in [1.82, 2.24) is 0 Å². The molecule has 1 aromatic rings. The predicted octanol–water partition coefficient (Wildman–Crippen LogP) is 2.38. The number of ketones is 1. The number of hydrogen-bond acceptors (Lipinski definition) is 3. The number of esters is 1. The van der Waals surface area contributed by atoms with Gasteiger partial charge in [0.1, 0.15) is 0 Å². The first kappa shape index (κ1) is 12.2. The van der Waals surface area contributed by atoms with Crippen molar-refractivity contribution in [2.75, 3.05) is 6.61 Å². The lowest BCUT2D eigenvalue weighted by Crippen LogP contribution is -2.10. The van der Waals surface area contributed by atoms with Crippen LogP contribution < -0.4 is 0 Å². The molecule has 0 aliphatic carbocycles. The van der Waals surface area contributed by atoms with Gasteiger partial charge in [0.25, 0.3) is 0 Å². The minimum Gasteiger partial charge on any atom is -0.463 e. The zero-order chi connectivity index (χ0) is 12.0. The van der Waals surface area contributed by atoms with E-state index in [0.717, 1.165) is 0 Å². The highest BCUT2D eigenvalue weighted by molar-refractivity contribution is 6.03. The SMILES string of the molecule is C=C(CC(=O)c1ccccc1)C(=O)OCC. The molecule has 84 valence electrons. The van der Waals surface area contributed by atoms with Crippen LogP contribution in [0.3, 0.4) is 0 Å². The Morgan fingerprint density at radius 1 is 1.25 bits per heavy atom. The Kier molecular flexibility index (Phi) is 4.45. The lowest BCUT2D eigenvalue weighted by molar-refractivity contribution is -0.138. The van der Waals surface area contributed by atoms with Crippen molar-refractivity contribution in [3.05, 3.63) is 48.0 Å². The highest BCUT2D eigenvalue weighted by Gasteiger charge is 2.13. The highest BCUT2D eigenvalue weighted by atomic mass is 16.5. The van der Waals surface area contributed by atoms with Gasteiger partial charge in [-0.1, -0.05) is 36.9 Å². The fourth-order valence-corrected chi connectivity index (χ4v) is 1.23. The summed E-state index contributed by atoms with van der Waals surface area (Å²) in [5, 5.41) is 0. The van der Waals surface area contributed by atoms with Gasteiger partial charge in [-0.15, -0.1) is 0 Å². The first-order chi connectivity index (χ1) is 7.65. The molecule has 0 spiro atoms. The first-order valence-corrected chi connectivity index (χ1v) is 5.08. The van der Waals surface area contributed by atoms with Crippen molar-refractivity contribution in [1.29, 1.82) is 0 Å².